The number of aliphatic imine (C=N–C) groups is 1. The Morgan fingerprint density at radius 2 is 1.60 bits per heavy atom. The number of amidine groups is 1. The molecule has 0 spiro atoms. The largest absolute Gasteiger partial charge is 0.354 e. The molecule has 2 aromatic rings. The van der Waals surface area contributed by atoms with Crippen molar-refractivity contribution in [3.05, 3.63) is 64.1 Å². The molecule has 0 radical (unpaired) electrons. The Morgan fingerprint density at radius 3 is 2.17 bits per heavy atom. The van der Waals surface area contributed by atoms with Crippen LogP contribution in [-0.2, 0) is 0 Å². The van der Waals surface area contributed by atoms with Crippen molar-refractivity contribution in [3.8, 4) is 0 Å². The van der Waals surface area contributed by atoms with Gasteiger partial charge in [-0.15, -0.1) is 0 Å². The smallest absolute Gasteiger partial charge is 0.253 e. The summed E-state index contributed by atoms with van der Waals surface area (Å²) in [7, 11) is 0. The highest BCUT2D eigenvalue weighted by Gasteiger charge is 2.21. The minimum Gasteiger partial charge on any atom is -0.354 e. The number of hydrogen-bond donors (Lipinski definition) is 0. The van der Waals surface area contributed by atoms with E-state index in [0.717, 1.165) is 59.8 Å². The van der Waals surface area contributed by atoms with Gasteiger partial charge in [-0.05, 0) is 50.7 Å². The molecule has 1 aliphatic rings. The van der Waals surface area contributed by atoms with Gasteiger partial charge in [0.1, 0.15) is 5.84 Å². The zero-order valence-electron chi connectivity index (χ0n) is 18.1. The van der Waals surface area contributed by atoms with Crippen LogP contribution in [0.3, 0.4) is 0 Å². The van der Waals surface area contributed by atoms with E-state index in [1.54, 1.807) is 0 Å². The van der Waals surface area contributed by atoms with E-state index in [-0.39, 0.29) is 5.91 Å². The molecule has 0 bridgehead atoms. The van der Waals surface area contributed by atoms with Gasteiger partial charge in [0.15, 0.2) is 0 Å². The lowest BCUT2D eigenvalue weighted by Crippen LogP contribution is -2.48. The summed E-state index contributed by atoms with van der Waals surface area (Å²) in [4.78, 5) is 24.3. The second-order valence-corrected chi connectivity index (χ2v) is 8.31. The molecule has 30 heavy (non-hydrogen) atoms. The molecular weight excluding hydrogens is 440 g/mol. The Kier molecular flexibility index (Phi) is 8.05. The maximum atomic E-state index is 12.7. The van der Waals surface area contributed by atoms with Crippen molar-refractivity contribution < 1.29 is 4.79 Å². The van der Waals surface area contributed by atoms with E-state index >= 15 is 0 Å². The second-order valence-electron chi connectivity index (χ2n) is 7.39. The van der Waals surface area contributed by atoms with Crippen molar-refractivity contribution in [1.29, 1.82) is 0 Å². The van der Waals surface area contributed by atoms with Gasteiger partial charge >= 0.3 is 0 Å². The second kappa shape index (κ2) is 10.7. The van der Waals surface area contributed by atoms with Crippen LogP contribution in [-0.4, -0.2) is 72.3 Å². The lowest BCUT2D eigenvalue weighted by molar-refractivity contribution is 0.0773. The normalized spacial score (nSPS) is 15.3. The van der Waals surface area contributed by atoms with E-state index in [4.69, 9.17) is 4.99 Å². The summed E-state index contributed by atoms with van der Waals surface area (Å²) in [6.45, 7) is 12.7. The fourth-order valence-corrected chi connectivity index (χ4v) is 4.10. The highest BCUT2D eigenvalue weighted by atomic mass is 79.9. The predicted molar refractivity (Wildman–Crippen MR) is 128 cm³/mol. The minimum absolute atomic E-state index is 0.0774. The maximum Gasteiger partial charge on any atom is 0.253 e. The number of piperazine rings is 1. The van der Waals surface area contributed by atoms with Crippen LogP contribution < -0.4 is 0 Å². The third kappa shape index (κ3) is 5.49. The molecule has 1 heterocycles. The molecule has 1 fully saturated rings. The van der Waals surface area contributed by atoms with Crippen LogP contribution in [0.1, 0.15) is 36.7 Å². The number of hydrogen-bond acceptors (Lipinski definition) is 3. The van der Waals surface area contributed by atoms with Crippen LogP contribution in [0, 0.1) is 0 Å². The van der Waals surface area contributed by atoms with E-state index in [9.17, 15) is 4.79 Å². The van der Waals surface area contributed by atoms with Gasteiger partial charge in [-0.1, -0.05) is 41.1 Å². The van der Waals surface area contributed by atoms with E-state index in [1.165, 1.54) is 0 Å². The van der Waals surface area contributed by atoms with Gasteiger partial charge in [0.05, 0.1) is 5.69 Å². The molecule has 1 aliphatic heterocycles. The van der Waals surface area contributed by atoms with Crippen molar-refractivity contribution in [2.75, 3.05) is 45.8 Å². The summed E-state index contributed by atoms with van der Waals surface area (Å²) < 4.78 is 1.01. The van der Waals surface area contributed by atoms with Crippen molar-refractivity contribution in [3.63, 3.8) is 0 Å². The Balaban J connectivity index is 1.91. The van der Waals surface area contributed by atoms with Gasteiger partial charge in [-0.25, -0.2) is 4.99 Å². The lowest BCUT2D eigenvalue weighted by Gasteiger charge is -2.36. The molecule has 3 rings (SSSR count). The average Bonchev–Trinajstić information content (AvgIpc) is 2.78. The molecule has 160 valence electrons. The van der Waals surface area contributed by atoms with Crippen LogP contribution in [0.4, 0.5) is 5.69 Å². The van der Waals surface area contributed by atoms with Crippen LogP contribution in [0.2, 0.25) is 0 Å². The van der Waals surface area contributed by atoms with E-state index in [1.807, 2.05) is 67.3 Å². The molecule has 5 nitrogen and oxygen atoms in total. The molecule has 0 unspecified atom stereocenters. The SMILES string of the molecule is CCN1CCN(C(=Nc2cccc(Br)c2)c2ccc(C(=O)N(CC)CC)cc2)CC1. The summed E-state index contributed by atoms with van der Waals surface area (Å²) >= 11 is 3.54. The van der Waals surface area contributed by atoms with Crippen LogP contribution in [0.5, 0.6) is 0 Å². The quantitative estimate of drug-likeness (QED) is 0.455. The third-order valence-corrected chi connectivity index (χ3v) is 6.10. The van der Waals surface area contributed by atoms with Gasteiger partial charge in [-0.3, -0.25) is 4.79 Å². The predicted octanol–water partition coefficient (Wildman–Crippen LogP) is 4.65. The van der Waals surface area contributed by atoms with Crippen molar-refractivity contribution >= 4 is 33.4 Å². The van der Waals surface area contributed by atoms with Gasteiger partial charge < -0.3 is 14.7 Å². The van der Waals surface area contributed by atoms with Crippen LogP contribution in [0.15, 0.2) is 58.0 Å². The molecule has 1 saturated heterocycles. The maximum absolute atomic E-state index is 12.7. The van der Waals surface area contributed by atoms with Gasteiger partial charge in [-0.2, -0.15) is 0 Å². The Morgan fingerprint density at radius 1 is 0.967 bits per heavy atom. The Labute approximate surface area is 188 Å². The standard InChI is InChI=1S/C24H31BrN4O/c1-4-27-14-16-29(17-15-27)23(26-22-9-7-8-21(25)18-22)19-10-12-20(13-11-19)24(30)28(5-2)6-3/h7-13,18H,4-6,14-17H2,1-3H3. The summed E-state index contributed by atoms with van der Waals surface area (Å²) in [5.74, 6) is 1.04. The topological polar surface area (TPSA) is 39.1 Å². The fraction of sp³-hybridized carbons (Fsp3) is 0.417. The van der Waals surface area contributed by atoms with Crippen molar-refractivity contribution in [1.82, 2.24) is 14.7 Å². The summed E-state index contributed by atoms with van der Waals surface area (Å²) in [6, 6.07) is 16.0. The summed E-state index contributed by atoms with van der Waals surface area (Å²) in [5, 5.41) is 0. The number of carbonyl (C=O) groups excluding carboxylic acids is 1. The first kappa shape index (κ1) is 22.5. The highest BCUT2D eigenvalue weighted by Crippen LogP contribution is 2.22. The van der Waals surface area contributed by atoms with Crippen molar-refractivity contribution in [2.24, 2.45) is 4.99 Å². The molecule has 0 atom stereocenters. The Hall–Kier alpha value is -2.18. The number of benzene rings is 2. The number of rotatable bonds is 6. The minimum atomic E-state index is 0.0774. The number of amides is 1. The van der Waals surface area contributed by atoms with Crippen LogP contribution in [0.25, 0.3) is 0 Å². The average molecular weight is 471 g/mol. The van der Waals surface area contributed by atoms with E-state index in [0.29, 0.717) is 13.1 Å². The number of likely N-dealkylation sites (N-methyl/N-ethyl adjacent to an activating group) is 1. The zero-order chi connectivity index (χ0) is 21.5. The van der Waals surface area contributed by atoms with Crippen LogP contribution >= 0.6 is 15.9 Å². The van der Waals surface area contributed by atoms with E-state index < -0.39 is 0 Å². The zero-order valence-corrected chi connectivity index (χ0v) is 19.7. The lowest BCUT2D eigenvalue weighted by atomic mass is 10.1. The molecule has 0 aliphatic carbocycles. The Bertz CT molecular complexity index is 869. The molecule has 2 aromatic carbocycles. The number of carbonyl (C=O) groups is 1. The van der Waals surface area contributed by atoms with E-state index in [2.05, 4.69) is 32.7 Å². The first-order valence-electron chi connectivity index (χ1n) is 10.8. The van der Waals surface area contributed by atoms with Gasteiger partial charge in [0, 0.05) is 54.9 Å². The molecular formula is C24H31BrN4O. The first-order valence-corrected chi connectivity index (χ1v) is 11.6. The highest BCUT2D eigenvalue weighted by molar-refractivity contribution is 9.10. The molecule has 0 aromatic heterocycles. The first-order chi connectivity index (χ1) is 14.5. The fourth-order valence-electron chi connectivity index (χ4n) is 3.72. The molecule has 1 amide bonds. The van der Waals surface area contributed by atoms with Crippen molar-refractivity contribution in [2.45, 2.75) is 20.8 Å². The van der Waals surface area contributed by atoms with Gasteiger partial charge in [0.2, 0.25) is 0 Å². The summed E-state index contributed by atoms with van der Waals surface area (Å²) in [6.07, 6.45) is 0. The number of halogens is 1. The monoisotopic (exact) mass is 470 g/mol. The summed E-state index contributed by atoms with van der Waals surface area (Å²) in [5.41, 5.74) is 2.68. The molecule has 0 saturated carbocycles. The molecule has 0 N–H and O–H groups in total. The number of nitrogens with zero attached hydrogens (tertiary/aromatic N) is 4. The molecule has 6 heteroatoms. The third-order valence-electron chi connectivity index (χ3n) is 5.60. The van der Waals surface area contributed by atoms with Gasteiger partial charge in [0.25, 0.3) is 5.91 Å².